The van der Waals surface area contributed by atoms with Crippen LogP contribution in [-0.2, 0) is 19.1 Å². The van der Waals surface area contributed by atoms with Crippen LogP contribution in [0.15, 0.2) is 0 Å². The van der Waals surface area contributed by atoms with Crippen LogP contribution in [0.2, 0.25) is 0 Å². The van der Waals surface area contributed by atoms with Crippen molar-refractivity contribution in [2.24, 2.45) is 16.7 Å². The molecule has 1 aliphatic heterocycles. The second-order valence-electron chi connectivity index (χ2n) is 11.5. The van der Waals surface area contributed by atoms with Gasteiger partial charge in [-0.2, -0.15) is 0 Å². The average molecular weight is 454 g/mol. The predicted molar refractivity (Wildman–Crippen MR) is 124 cm³/mol. The summed E-state index contributed by atoms with van der Waals surface area (Å²) >= 11 is 0. The summed E-state index contributed by atoms with van der Waals surface area (Å²) in [5.41, 5.74) is -0.872. The minimum Gasteiger partial charge on any atom is -0.447 e. The predicted octanol–water partition coefficient (Wildman–Crippen LogP) is 3.28. The lowest BCUT2D eigenvalue weighted by molar-refractivity contribution is -0.142. The molecule has 0 aromatic heterocycles. The summed E-state index contributed by atoms with van der Waals surface area (Å²) in [5, 5.41) is 5.56. The highest BCUT2D eigenvalue weighted by Crippen LogP contribution is 2.36. The Hall–Kier alpha value is -2.12. The van der Waals surface area contributed by atoms with E-state index in [9.17, 15) is 19.2 Å². The van der Waals surface area contributed by atoms with Crippen LogP contribution >= 0.6 is 0 Å². The zero-order chi connectivity index (χ0) is 25.0. The van der Waals surface area contributed by atoms with Gasteiger partial charge in [0.25, 0.3) is 0 Å². The van der Waals surface area contributed by atoms with Crippen molar-refractivity contribution >= 4 is 23.7 Å². The van der Waals surface area contributed by atoms with E-state index in [0.717, 1.165) is 0 Å². The Bertz CT molecular complexity index is 709. The molecule has 3 atom stereocenters. The van der Waals surface area contributed by atoms with Gasteiger partial charge in [0.05, 0.1) is 12.1 Å². The molecule has 0 radical (unpaired) electrons. The van der Waals surface area contributed by atoms with Crippen LogP contribution in [0.1, 0.15) is 82.1 Å². The van der Waals surface area contributed by atoms with E-state index < -0.39 is 29.6 Å². The molecule has 0 aliphatic carbocycles. The van der Waals surface area contributed by atoms with E-state index in [2.05, 4.69) is 10.6 Å². The van der Waals surface area contributed by atoms with Crippen molar-refractivity contribution in [2.45, 2.75) is 106 Å². The number of alkyl carbamates (subject to hydrolysis) is 1. The number of likely N-dealkylation sites (tertiary alicyclic amines) is 1. The third-order valence-electron chi connectivity index (χ3n) is 5.54. The van der Waals surface area contributed by atoms with Gasteiger partial charge in [-0.15, -0.1) is 0 Å². The molecule has 3 amide bonds. The standard InChI is InChI=1S/C24H43N3O5/c1-14(2)11-17(16(5)28)25-20(29)18-12-24(9,10)13-27(18)21(30)19(23(6,7)8)26-22(31)32-15(3)4/h14-15,17-19H,11-13H2,1-10H3,(H,25,29)(H,26,31)/t17?,18?,19-/m1/s1. The molecule has 2 unspecified atom stereocenters. The summed E-state index contributed by atoms with van der Waals surface area (Å²) in [5.74, 6) is -0.523. The second kappa shape index (κ2) is 10.7. The van der Waals surface area contributed by atoms with Crippen LogP contribution in [0, 0.1) is 16.7 Å². The van der Waals surface area contributed by atoms with E-state index in [0.29, 0.717) is 19.4 Å². The number of rotatable bonds is 8. The monoisotopic (exact) mass is 453 g/mol. The maximum Gasteiger partial charge on any atom is 0.408 e. The number of nitrogens with one attached hydrogen (secondary N) is 2. The maximum absolute atomic E-state index is 13.6. The Morgan fingerprint density at radius 3 is 2.06 bits per heavy atom. The molecule has 0 aromatic rings. The topological polar surface area (TPSA) is 105 Å². The number of hydrogen-bond acceptors (Lipinski definition) is 5. The third-order valence-corrected chi connectivity index (χ3v) is 5.54. The Balaban J connectivity index is 3.15. The fraction of sp³-hybridized carbons (Fsp3) is 0.833. The van der Waals surface area contributed by atoms with Gasteiger partial charge >= 0.3 is 6.09 Å². The molecular weight excluding hydrogens is 410 g/mol. The first kappa shape index (κ1) is 27.9. The van der Waals surface area contributed by atoms with E-state index in [-0.39, 0.29) is 35.0 Å². The van der Waals surface area contributed by atoms with Gasteiger partial charge in [0.1, 0.15) is 12.1 Å². The van der Waals surface area contributed by atoms with E-state index >= 15 is 0 Å². The molecule has 0 bridgehead atoms. The van der Waals surface area contributed by atoms with Crippen molar-refractivity contribution in [3.05, 3.63) is 0 Å². The molecule has 0 saturated carbocycles. The van der Waals surface area contributed by atoms with Gasteiger partial charge in [0, 0.05) is 6.54 Å². The Morgan fingerprint density at radius 2 is 1.62 bits per heavy atom. The Labute approximate surface area is 193 Å². The van der Waals surface area contributed by atoms with Crippen molar-refractivity contribution in [1.29, 1.82) is 0 Å². The number of ether oxygens (including phenoxy) is 1. The minimum atomic E-state index is -0.864. The third kappa shape index (κ3) is 8.10. The zero-order valence-electron chi connectivity index (χ0n) is 21.5. The van der Waals surface area contributed by atoms with Crippen LogP contribution < -0.4 is 10.6 Å². The van der Waals surface area contributed by atoms with Gasteiger partial charge in [0.2, 0.25) is 11.8 Å². The van der Waals surface area contributed by atoms with E-state index in [4.69, 9.17) is 4.74 Å². The summed E-state index contributed by atoms with van der Waals surface area (Å²) in [6.07, 6.45) is 0.0310. The van der Waals surface area contributed by atoms with E-state index in [1.165, 1.54) is 6.92 Å². The van der Waals surface area contributed by atoms with Crippen LogP contribution in [0.3, 0.4) is 0 Å². The molecule has 32 heavy (non-hydrogen) atoms. The molecular formula is C24H43N3O5. The molecule has 1 rings (SSSR count). The summed E-state index contributed by atoms with van der Waals surface area (Å²) in [4.78, 5) is 52.7. The smallest absolute Gasteiger partial charge is 0.408 e. The molecule has 0 spiro atoms. The Morgan fingerprint density at radius 1 is 1.06 bits per heavy atom. The lowest BCUT2D eigenvalue weighted by Crippen LogP contribution is -2.58. The first-order valence-electron chi connectivity index (χ1n) is 11.5. The van der Waals surface area contributed by atoms with Crippen LogP contribution in [0.4, 0.5) is 4.79 Å². The van der Waals surface area contributed by atoms with Crippen LogP contribution in [-0.4, -0.2) is 59.4 Å². The number of ketones is 1. The zero-order valence-corrected chi connectivity index (χ0v) is 21.5. The van der Waals surface area contributed by atoms with Crippen molar-refractivity contribution < 1.29 is 23.9 Å². The maximum atomic E-state index is 13.6. The number of Topliss-reactive ketones (excluding diaryl/α,β-unsaturated/α-hetero) is 1. The molecule has 2 N–H and O–H groups in total. The summed E-state index contributed by atoms with van der Waals surface area (Å²) in [6.45, 7) is 18.9. The number of hydrogen-bond donors (Lipinski definition) is 2. The first-order valence-corrected chi connectivity index (χ1v) is 11.5. The van der Waals surface area contributed by atoms with Crippen LogP contribution in [0.5, 0.6) is 0 Å². The highest BCUT2D eigenvalue weighted by atomic mass is 16.6. The van der Waals surface area contributed by atoms with Gasteiger partial charge in [0.15, 0.2) is 5.78 Å². The summed E-state index contributed by atoms with van der Waals surface area (Å²) in [7, 11) is 0. The van der Waals surface area contributed by atoms with E-state index in [1.807, 2.05) is 48.5 Å². The normalized spacial score (nSPS) is 20.1. The highest BCUT2D eigenvalue weighted by Gasteiger charge is 2.48. The lowest BCUT2D eigenvalue weighted by Gasteiger charge is -2.35. The minimum absolute atomic E-state index is 0.104. The number of nitrogens with zero attached hydrogens (tertiary/aromatic N) is 1. The van der Waals surface area contributed by atoms with Crippen molar-refractivity contribution in [3.63, 3.8) is 0 Å². The molecule has 0 aromatic carbocycles. The first-order chi connectivity index (χ1) is 14.4. The quantitative estimate of drug-likeness (QED) is 0.587. The van der Waals surface area contributed by atoms with E-state index in [1.54, 1.807) is 18.7 Å². The van der Waals surface area contributed by atoms with Gasteiger partial charge in [-0.3, -0.25) is 14.4 Å². The van der Waals surface area contributed by atoms with Gasteiger partial charge in [-0.05, 0) is 50.4 Å². The van der Waals surface area contributed by atoms with Crippen LogP contribution in [0.25, 0.3) is 0 Å². The second-order valence-corrected chi connectivity index (χ2v) is 11.5. The number of amides is 3. The summed E-state index contributed by atoms with van der Waals surface area (Å²) < 4.78 is 5.18. The molecule has 1 heterocycles. The lowest BCUT2D eigenvalue weighted by atomic mass is 9.85. The largest absolute Gasteiger partial charge is 0.447 e. The van der Waals surface area contributed by atoms with Crippen molar-refractivity contribution in [1.82, 2.24) is 15.5 Å². The molecule has 1 aliphatic rings. The molecule has 1 saturated heterocycles. The summed E-state index contributed by atoms with van der Waals surface area (Å²) in [6, 6.07) is -2.16. The molecule has 8 nitrogen and oxygen atoms in total. The number of carbonyl (C=O) groups is 4. The highest BCUT2D eigenvalue weighted by molar-refractivity contribution is 5.94. The number of carbonyl (C=O) groups excluding carboxylic acids is 4. The SMILES string of the molecule is CC(=O)C(CC(C)C)NC(=O)C1CC(C)(C)CN1C(=O)[C@@H](NC(=O)OC(C)C)C(C)(C)C. The fourth-order valence-electron chi connectivity index (χ4n) is 3.98. The van der Waals surface area contributed by atoms with Gasteiger partial charge in [-0.25, -0.2) is 4.79 Å². The molecule has 184 valence electrons. The molecule has 1 fully saturated rings. The average Bonchev–Trinajstić information content (AvgIpc) is 2.92. The Kier molecular flexibility index (Phi) is 9.30. The molecule has 8 heteroatoms. The van der Waals surface area contributed by atoms with Gasteiger partial charge in [-0.1, -0.05) is 48.5 Å². The van der Waals surface area contributed by atoms with Crippen molar-refractivity contribution in [3.8, 4) is 0 Å². The van der Waals surface area contributed by atoms with Crippen molar-refractivity contribution in [2.75, 3.05) is 6.54 Å². The fourth-order valence-corrected chi connectivity index (χ4v) is 3.98. The van der Waals surface area contributed by atoms with Gasteiger partial charge < -0.3 is 20.3 Å².